The zero-order valence-electron chi connectivity index (χ0n) is 20.5. The van der Waals surface area contributed by atoms with Crippen molar-refractivity contribution in [1.82, 2.24) is 14.1 Å². The third-order valence-corrected chi connectivity index (χ3v) is 8.63. The van der Waals surface area contributed by atoms with Gasteiger partial charge >= 0.3 is 5.56 Å². The molecule has 12 heteroatoms. The van der Waals surface area contributed by atoms with Crippen LogP contribution in [0.1, 0.15) is 24.8 Å². The molecule has 0 bridgehead atoms. The van der Waals surface area contributed by atoms with Gasteiger partial charge in [0.25, 0.3) is 0 Å². The van der Waals surface area contributed by atoms with Gasteiger partial charge in [-0.05, 0) is 30.5 Å². The number of sulfonamides is 1. The van der Waals surface area contributed by atoms with E-state index < -0.39 is 39.5 Å². The Kier molecular flexibility index (Phi) is 7.44. The first-order valence-corrected chi connectivity index (χ1v) is 14.0. The van der Waals surface area contributed by atoms with Crippen LogP contribution in [0.2, 0.25) is 0 Å². The van der Waals surface area contributed by atoms with Crippen LogP contribution in [0.4, 0.5) is 18.9 Å². The normalized spacial score (nSPS) is 20.6. The van der Waals surface area contributed by atoms with Gasteiger partial charge in [0.2, 0.25) is 15.8 Å². The summed E-state index contributed by atoms with van der Waals surface area (Å²) in [6.07, 6.45) is 0.637. The first-order valence-electron chi connectivity index (χ1n) is 12.4. The number of aromatic nitrogens is 2. The summed E-state index contributed by atoms with van der Waals surface area (Å²) >= 11 is 0. The average molecular weight is 549 g/mol. The maximum atomic E-state index is 13.8. The molecule has 1 saturated carbocycles. The smallest absolute Gasteiger partial charge is 0.316 e. The molecule has 0 amide bonds. The Balaban J connectivity index is 1.41. The van der Waals surface area contributed by atoms with Crippen molar-refractivity contribution in [2.75, 3.05) is 31.1 Å². The first-order chi connectivity index (χ1) is 18.2. The van der Waals surface area contributed by atoms with E-state index in [1.165, 1.54) is 10.5 Å². The minimum atomic E-state index is -3.55. The van der Waals surface area contributed by atoms with Crippen LogP contribution in [0, 0.1) is 11.6 Å². The summed E-state index contributed by atoms with van der Waals surface area (Å²) in [7, 11) is -3.55. The van der Waals surface area contributed by atoms with Crippen LogP contribution in [-0.2, 0) is 15.8 Å². The predicted octanol–water partition coefficient (Wildman–Crippen LogP) is 3.43. The van der Waals surface area contributed by atoms with Gasteiger partial charge in [0.1, 0.15) is 29.6 Å². The van der Waals surface area contributed by atoms with Crippen molar-refractivity contribution in [3.8, 4) is 11.4 Å². The van der Waals surface area contributed by atoms with E-state index in [1.807, 2.05) is 6.07 Å². The second kappa shape index (κ2) is 10.8. The molecule has 0 radical (unpaired) electrons. The maximum Gasteiger partial charge on any atom is 0.316 e. The fraction of sp³-hybridized carbons (Fsp3) is 0.385. The largest absolute Gasteiger partial charge is 0.483 e. The van der Waals surface area contributed by atoms with E-state index in [0.29, 0.717) is 30.2 Å². The summed E-state index contributed by atoms with van der Waals surface area (Å²) in [4.78, 5) is 15.2. The van der Waals surface area contributed by atoms with Gasteiger partial charge in [0.15, 0.2) is 0 Å². The summed E-state index contributed by atoms with van der Waals surface area (Å²) in [6, 6.07) is 11.5. The minimum absolute atomic E-state index is 0.107. The average Bonchev–Trinajstić information content (AvgIpc) is 3.29. The molecule has 1 saturated heterocycles. The van der Waals surface area contributed by atoms with E-state index in [4.69, 9.17) is 4.74 Å². The fourth-order valence-corrected chi connectivity index (χ4v) is 6.37. The van der Waals surface area contributed by atoms with Crippen LogP contribution in [0.5, 0.6) is 5.75 Å². The molecule has 2 atom stereocenters. The van der Waals surface area contributed by atoms with Gasteiger partial charge in [-0.1, -0.05) is 30.3 Å². The lowest BCUT2D eigenvalue weighted by Gasteiger charge is -2.36. The molecule has 1 aliphatic carbocycles. The summed E-state index contributed by atoms with van der Waals surface area (Å²) in [5.74, 6) is -1.96. The Labute approximate surface area is 218 Å². The Morgan fingerprint density at radius 3 is 2.29 bits per heavy atom. The van der Waals surface area contributed by atoms with Crippen molar-refractivity contribution in [3.05, 3.63) is 82.3 Å². The van der Waals surface area contributed by atoms with Crippen molar-refractivity contribution < 1.29 is 26.3 Å². The van der Waals surface area contributed by atoms with E-state index in [9.17, 15) is 26.4 Å². The number of alkyl halides is 1. The summed E-state index contributed by atoms with van der Waals surface area (Å²) in [5.41, 5.74) is 0.157. The summed E-state index contributed by atoms with van der Waals surface area (Å²) in [6.45, 7) is 0.895. The highest BCUT2D eigenvalue weighted by atomic mass is 32.2. The van der Waals surface area contributed by atoms with E-state index in [2.05, 4.69) is 5.10 Å². The van der Waals surface area contributed by atoms with Gasteiger partial charge in [-0.2, -0.15) is 14.1 Å². The maximum absolute atomic E-state index is 13.8. The van der Waals surface area contributed by atoms with Crippen LogP contribution in [-0.4, -0.2) is 61.0 Å². The molecular formula is C26H27F3N4O4S. The quantitative estimate of drug-likeness (QED) is 0.450. The molecule has 2 fully saturated rings. The lowest BCUT2D eigenvalue weighted by Crippen LogP contribution is -2.49. The van der Waals surface area contributed by atoms with Gasteiger partial charge < -0.3 is 9.64 Å². The number of hydrogen-bond acceptors (Lipinski definition) is 6. The summed E-state index contributed by atoms with van der Waals surface area (Å²) in [5, 5.41) is 4.12. The molecule has 2 aromatic carbocycles. The van der Waals surface area contributed by atoms with Crippen molar-refractivity contribution >= 4 is 15.7 Å². The molecule has 2 aliphatic rings. The highest BCUT2D eigenvalue weighted by molar-refractivity contribution is 7.88. The van der Waals surface area contributed by atoms with Gasteiger partial charge in [-0.25, -0.2) is 21.6 Å². The SMILES string of the molecule is O=c1c(OC2CCC(F)C2)c(N2CCN(S(=O)(=O)Cc3ccccc3)CC2)cnn1-c1cc(F)cc(F)c1. The van der Waals surface area contributed by atoms with E-state index in [-0.39, 0.29) is 49.8 Å². The topological polar surface area (TPSA) is 84.7 Å². The zero-order valence-corrected chi connectivity index (χ0v) is 21.3. The van der Waals surface area contributed by atoms with Crippen LogP contribution >= 0.6 is 0 Å². The number of halogens is 3. The van der Waals surface area contributed by atoms with E-state index in [0.717, 1.165) is 16.8 Å². The first kappa shape index (κ1) is 26.2. The minimum Gasteiger partial charge on any atom is -0.483 e. The van der Waals surface area contributed by atoms with Crippen molar-refractivity contribution in [2.24, 2.45) is 0 Å². The predicted molar refractivity (Wildman–Crippen MR) is 136 cm³/mol. The number of benzene rings is 2. The molecule has 0 spiro atoms. The molecule has 8 nitrogen and oxygen atoms in total. The molecule has 2 unspecified atom stereocenters. The Morgan fingerprint density at radius 1 is 0.974 bits per heavy atom. The number of hydrogen-bond donors (Lipinski definition) is 0. The van der Waals surface area contributed by atoms with E-state index >= 15 is 0 Å². The van der Waals surface area contributed by atoms with Crippen LogP contribution in [0.3, 0.4) is 0 Å². The highest BCUT2D eigenvalue weighted by Crippen LogP contribution is 2.31. The van der Waals surface area contributed by atoms with Gasteiger partial charge in [0.05, 0.1) is 17.6 Å². The Hall–Kier alpha value is -3.38. The fourth-order valence-electron chi connectivity index (χ4n) is 4.86. The van der Waals surface area contributed by atoms with E-state index in [1.54, 1.807) is 29.2 Å². The highest BCUT2D eigenvalue weighted by Gasteiger charge is 2.32. The van der Waals surface area contributed by atoms with Crippen LogP contribution in [0.15, 0.2) is 59.5 Å². The zero-order chi connectivity index (χ0) is 26.9. The van der Waals surface area contributed by atoms with Crippen LogP contribution in [0.25, 0.3) is 5.69 Å². The number of rotatable bonds is 7. The monoisotopic (exact) mass is 548 g/mol. The molecule has 1 aliphatic heterocycles. The molecule has 202 valence electrons. The number of anilines is 1. The Bertz CT molecular complexity index is 1440. The Morgan fingerprint density at radius 2 is 1.66 bits per heavy atom. The van der Waals surface area contributed by atoms with Crippen molar-refractivity contribution in [1.29, 1.82) is 0 Å². The standard InChI is InChI=1S/C26H27F3N4O4S/c27-19-6-7-23(15-19)37-25-24(16-30-33(26(25)34)22-13-20(28)12-21(29)14-22)31-8-10-32(11-9-31)38(35,36)17-18-4-2-1-3-5-18/h1-5,12-14,16,19,23H,6-11,15,17H2. The van der Waals surface area contributed by atoms with Crippen LogP contribution < -0.4 is 15.2 Å². The number of nitrogens with zero attached hydrogens (tertiary/aromatic N) is 4. The molecule has 38 heavy (non-hydrogen) atoms. The lowest BCUT2D eigenvalue weighted by molar-refractivity contribution is 0.193. The molecule has 0 N–H and O–H groups in total. The molecule has 2 heterocycles. The third kappa shape index (κ3) is 5.70. The molecule has 1 aromatic heterocycles. The molecular weight excluding hydrogens is 521 g/mol. The van der Waals surface area contributed by atoms with Gasteiger partial charge in [-0.15, -0.1) is 0 Å². The molecule has 5 rings (SSSR count). The second-order valence-corrected chi connectivity index (χ2v) is 11.5. The van der Waals surface area contributed by atoms with Crippen molar-refractivity contribution in [3.63, 3.8) is 0 Å². The second-order valence-electron chi connectivity index (χ2n) is 9.48. The number of ether oxygens (including phenoxy) is 1. The van der Waals surface area contributed by atoms with Gasteiger partial charge in [0, 0.05) is 38.7 Å². The van der Waals surface area contributed by atoms with Gasteiger partial charge in [-0.3, -0.25) is 4.79 Å². The lowest BCUT2D eigenvalue weighted by atomic mass is 10.2. The third-order valence-electron chi connectivity index (χ3n) is 6.78. The molecule has 3 aromatic rings. The van der Waals surface area contributed by atoms with Crippen molar-refractivity contribution in [2.45, 2.75) is 37.3 Å². The number of piperazine rings is 1. The summed E-state index contributed by atoms with van der Waals surface area (Å²) < 4.78 is 75.7.